The zero-order valence-corrected chi connectivity index (χ0v) is 20.8. The molecule has 0 atom stereocenters. The highest BCUT2D eigenvalue weighted by atomic mass is 32.1. The molecule has 0 aliphatic rings. The molecule has 2 rings (SSSR count). The van der Waals surface area contributed by atoms with Crippen molar-refractivity contribution in [3.8, 4) is 0 Å². The normalized spacial score (nSPS) is 12.9. The number of hydrogen-bond donors (Lipinski definition) is 2. The lowest BCUT2D eigenvalue weighted by atomic mass is 9.88. The molecule has 0 bridgehead atoms. The first-order valence-electron chi connectivity index (χ1n) is 11.0. The van der Waals surface area contributed by atoms with Crippen molar-refractivity contribution in [1.29, 1.82) is 0 Å². The summed E-state index contributed by atoms with van der Waals surface area (Å²) < 4.78 is 0. The first-order chi connectivity index (χ1) is 14.6. The van der Waals surface area contributed by atoms with Gasteiger partial charge in [-0.05, 0) is 87.8 Å². The van der Waals surface area contributed by atoms with Crippen molar-refractivity contribution in [1.82, 2.24) is 0 Å². The van der Waals surface area contributed by atoms with Crippen molar-refractivity contribution in [3.05, 3.63) is 55.9 Å². The molecular weight excluding hydrogens is 424 g/mol. The highest BCUT2D eigenvalue weighted by Crippen LogP contribution is 2.26. The number of unbranched alkanes of at least 4 members (excludes halogenated alkanes) is 1. The quantitative estimate of drug-likeness (QED) is 0.243. The number of rotatable bonds is 13. The zero-order chi connectivity index (χ0) is 22.9. The van der Waals surface area contributed by atoms with E-state index < -0.39 is 11.4 Å². The Kier molecular flexibility index (Phi) is 9.73. The van der Waals surface area contributed by atoms with Crippen LogP contribution in [-0.2, 0) is 17.6 Å². The minimum absolute atomic E-state index is 0.0355. The highest BCUT2D eigenvalue weighted by molar-refractivity contribution is 7.13. The lowest BCUT2D eigenvalue weighted by Gasteiger charge is -2.20. The predicted octanol–water partition coefficient (Wildman–Crippen LogP) is 7.31. The fourth-order valence-electron chi connectivity index (χ4n) is 3.02. The summed E-state index contributed by atoms with van der Waals surface area (Å²) in [4.78, 5) is 16.4. The maximum atomic E-state index is 11.1. The maximum Gasteiger partial charge on any atom is 0.309 e. The summed E-state index contributed by atoms with van der Waals surface area (Å²) in [5, 5.41) is 18.5. The molecule has 2 aromatic rings. The number of carbonyl (C=O) groups is 1. The second-order valence-corrected chi connectivity index (χ2v) is 11.9. The van der Waals surface area contributed by atoms with E-state index >= 15 is 0 Å². The summed E-state index contributed by atoms with van der Waals surface area (Å²) in [5.74, 6) is -0.761. The summed E-state index contributed by atoms with van der Waals surface area (Å²) in [6, 6.07) is 8.70. The number of aliphatic hydroxyl groups is 1. The Bertz CT molecular complexity index is 884. The molecule has 5 heteroatoms. The topological polar surface area (TPSA) is 57.5 Å². The molecule has 2 N–H and O–H groups in total. The Morgan fingerprint density at radius 3 is 2.16 bits per heavy atom. The smallest absolute Gasteiger partial charge is 0.309 e. The number of aryl methyl sites for hydroxylation is 1. The largest absolute Gasteiger partial charge is 0.481 e. The number of thiophene rings is 2. The Morgan fingerprint density at radius 1 is 0.935 bits per heavy atom. The first kappa shape index (κ1) is 25.6. The second-order valence-electron chi connectivity index (χ2n) is 9.54. The monoisotopic (exact) mass is 460 g/mol. The third-order valence-corrected chi connectivity index (χ3v) is 7.61. The molecule has 0 spiro atoms. The Morgan fingerprint density at radius 2 is 1.55 bits per heavy atom. The standard InChI is InChI=1S/C26H36O3S2/c1-25(2,19-27)17-7-5-9-20-11-13-22(30-20)15-16-23-14-12-21(31-23)10-6-8-18-26(3,4)24(28)29/h6,8,11-16,27H,5,7,9-10,17-19H2,1-4H3,(H,28,29)/b8-6+,16-15-. The van der Waals surface area contributed by atoms with Gasteiger partial charge in [0.05, 0.1) is 5.41 Å². The van der Waals surface area contributed by atoms with Crippen LogP contribution in [0.5, 0.6) is 0 Å². The summed E-state index contributed by atoms with van der Waals surface area (Å²) in [6.07, 6.45) is 14.3. The lowest BCUT2D eigenvalue weighted by Crippen LogP contribution is -2.22. The number of aliphatic hydroxyl groups excluding tert-OH is 1. The highest BCUT2D eigenvalue weighted by Gasteiger charge is 2.24. The lowest BCUT2D eigenvalue weighted by molar-refractivity contribution is -0.146. The van der Waals surface area contributed by atoms with E-state index in [0.29, 0.717) is 6.42 Å². The molecule has 0 aliphatic carbocycles. The molecule has 0 fully saturated rings. The van der Waals surface area contributed by atoms with Crippen LogP contribution in [0, 0.1) is 10.8 Å². The zero-order valence-electron chi connectivity index (χ0n) is 19.2. The number of aliphatic carboxylic acids is 1. The van der Waals surface area contributed by atoms with Crippen molar-refractivity contribution >= 4 is 40.8 Å². The molecule has 3 nitrogen and oxygen atoms in total. The van der Waals surface area contributed by atoms with Crippen LogP contribution in [-0.4, -0.2) is 22.8 Å². The van der Waals surface area contributed by atoms with E-state index in [2.05, 4.69) is 56.3 Å². The minimum Gasteiger partial charge on any atom is -0.481 e. The van der Waals surface area contributed by atoms with Gasteiger partial charge in [0.25, 0.3) is 0 Å². The summed E-state index contributed by atoms with van der Waals surface area (Å²) >= 11 is 3.63. The molecular formula is C26H36O3S2. The van der Waals surface area contributed by atoms with Gasteiger partial charge in [-0.15, -0.1) is 22.7 Å². The number of carboxylic acids is 1. The second kappa shape index (κ2) is 11.8. The SMILES string of the molecule is CC(C)(CO)CCCCc1ccc(/C=C\c2ccc(C/C=C/CC(C)(C)C(=O)O)s2)s1. The van der Waals surface area contributed by atoms with Crippen LogP contribution in [0.2, 0.25) is 0 Å². The molecule has 0 radical (unpaired) electrons. The van der Waals surface area contributed by atoms with Crippen molar-refractivity contribution in [2.45, 2.75) is 66.2 Å². The van der Waals surface area contributed by atoms with Crippen LogP contribution in [0.15, 0.2) is 36.4 Å². The van der Waals surface area contributed by atoms with E-state index in [1.54, 1.807) is 25.2 Å². The van der Waals surface area contributed by atoms with Gasteiger partial charge >= 0.3 is 5.97 Å². The van der Waals surface area contributed by atoms with Crippen molar-refractivity contribution in [2.75, 3.05) is 6.61 Å². The number of hydrogen-bond acceptors (Lipinski definition) is 4. The van der Waals surface area contributed by atoms with Crippen LogP contribution < -0.4 is 0 Å². The van der Waals surface area contributed by atoms with Gasteiger partial charge in [0.15, 0.2) is 0 Å². The van der Waals surface area contributed by atoms with Gasteiger partial charge in [0.2, 0.25) is 0 Å². The van der Waals surface area contributed by atoms with Crippen LogP contribution in [0.25, 0.3) is 12.2 Å². The van der Waals surface area contributed by atoms with Crippen molar-refractivity contribution < 1.29 is 15.0 Å². The van der Waals surface area contributed by atoms with E-state index in [9.17, 15) is 9.90 Å². The van der Waals surface area contributed by atoms with Crippen LogP contribution in [0.4, 0.5) is 0 Å². The van der Waals surface area contributed by atoms with E-state index in [-0.39, 0.29) is 12.0 Å². The van der Waals surface area contributed by atoms with E-state index in [4.69, 9.17) is 5.11 Å². The molecule has 2 heterocycles. The molecule has 170 valence electrons. The van der Waals surface area contributed by atoms with Gasteiger partial charge in [-0.25, -0.2) is 0 Å². The molecule has 31 heavy (non-hydrogen) atoms. The number of allylic oxidation sites excluding steroid dienone is 2. The van der Waals surface area contributed by atoms with Crippen LogP contribution >= 0.6 is 22.7 Å². The van der Waals surface area contributed by atoms with Gasteiger partial charge in [0, 0.05) is 26.1 Å². The first-order valence-corrected chi connectivity index (χ1v) is 12.6. The van der Waals surface area contributed by atoms with Gasteiger partial charge < -0.3 is 10.2 Å². The fourth-order valence-corrected chi connectivity index (χ4v) is 4.87. The van der Waals surface area contributed by atoms with Gasteiger partial charge in [-0.3, -0.25) is 4.79 Å². The summed E-state index contributed by atoms with van der Waals surface area (Å²) in [7, 11) is 0. The van der Waals surface area contributed by atoms with Crippen molar-refractivity contribution in [2.24, 2.45) is 10.8 Å². The third-order valence-electron chi connectivity index (χ3n) is 5.42. The summed E-state index contributed by atoms with van der Waals surface area (Å²) in [5.41, 5.74) is -0.677. The average Bonchev–Trinajstić information content (AvgIpc) is 3.36. The molecule has 0 aliphatic heterocycles. The molecule has 0 saturated heterocycles. The predicted molar refractivity (Wildman–Crippen MR) is 135 cm³/mol. The molecule has 2 aromatic heterocycles. The molecule has 0 unspecified atom stereocenters. The molecule has 0 aromatic carbocycles. The Balaban J connectivity index is 1.78. The number of carboxylic acid groups (broad SMARTS) is 1. The van der Waals surface area contributed by atoms with E-state index in [1.807, 2.05) is 17.4 Å². The van der Waals surface area contributed by atoms with E-state index in [1.165, 1.54) is 25.9 Å². The van der Waals surface area contributed by atoms with E-state index in [0.717, 1.165) is 25.7 Å². The van der Waals surface area contributed by atoms with Crippen LogP contribution in [0.1, 0.15) is 72.9 Å². The third kappa shape index (κ3) is 9.14. The van der Waals surface area contributed by atoms with Crippen LogP contribution in [0.3, 0.4) is 0 Å². The van der Waals surface area contributed by atoms with Crippen molar-refractivity contribution in [3.63, 3.8) is 0 Å². The Labute approximate surface area is 195 Å². The summed E-state index contributed by atoms with van der Waals surface area (Å²) in [6.45, 7) is 8.00. The average molecular weight is 461 g/mol. The van der Waals surface area contributed by atoms with Gasteiger partial charge in [-0.2, -0.15) is 0 Å². The fraction of sp³-hybridized carbons (Fsp3) is 0.500. The minimum atomic E-state index is -0.761. The van der Waals surface area contributed by atoms with Gasteiger partial charge in [-0.1, -0.05) is 32.4 Å². The molecule has 0 saturated carbocycles. The molecule has 0 amide bonds. The maximum absolute atomic E-state index is 11.1. The van der Waals surface area contributed by atoms with Gasteiger partial charge in [0.1, 0.15) is 0 Å². The Hall–Kier alpha value is -1.69.